The molecule has 1 unspecified atom stereocenters. The Morgan fingerprint density at radius 3 is 2.80 bits per heavy atom. The number of hydrogen-bond donors (Lipinski definition) is 1. The molecule has 1 aromatic heterocycles. The average molecular weight is 291 g/mol. The van der Waals surface area contributed by atoms with Crippen molar-refractivity contribution in [2.45, 2.75) is 26.3 Å². The lowest BCUT2D eigenvalue weighted by Crippen LogP contribution is -2.10. The molecular formula is C16H19ClN2O. The maximum atomic E-state index is 6.22. The molecule has 1 aromatic carbocycles. The number of ether oxygens (including phenoxy) is 1. The fourth-order valence-electron chi connectivity index (χ4n) is 1.94. The summed E-state index contributed by atoms with van der Waals surface area (Å²) in [6.07, 6.45) is 2.72. The summed E-state index contributed by atoms with van der Waals surface area (Å²) in [5, 5.41) is 4.11. The van der Waals surface area contributed by atoms with Gasteiger partial charge in [0.1, 0.15) is 0 Å². The van der Waals surface area contributed by atoms with Crippen LogP contribution in [0.4, 0.5) is 5.82 Å². The second-order valence-electron chi connectivity index (χ2n) is 4.59. The van der Waals surface area contributed by atoms with Gasteiger partial charge in [0.05, 0.1) is 12.6 Å². The van der Waals surface area contributed by atoms with E-state index in [4.69, 9.17) is 16.3 Å². The highest BCUT2D eigenvalue weighted by Gasteiger charge is 2.12. The van der Waals surface area contributed by atoms with Crippen molar-refractivity contribution in [3.63, 3.8) is 0 Å². The van der Waals surface area contributed by atoms with Gasteiger partial charge >= 0.3 is 0 Å². The van der Waals surface area contributed by atoms with Gasteiger partial charge < -0.3 is 10.1 Å². The minimum absolute atomic E-state index is 0.0579. The van der Waals surface area contributed by atoms with Gasteiger partial charge in [-0.15, -0.1) is 0 Å². The van der Waals surface area contributed by atoms with Gasteiger partial charge in [-0.25, -0.2) is 4.98 Å². The zero-order chi connectivity index (χ0) is 14.4. The lowest BCUT2D eigenvalue weighted by Gasteiger charge is -2.18. The van der Waals surface area contributed by atoms with Gasteiger partial charge in [0.2, 0.25) is 0 Å². The van der Waals surface area contributed by atoms with Gasteiger partial charge in [-0.3, -0.25) is 0 Å². The summed E-state index contributed by atoms with van der Waals surface area (Å²) in [4.78, 5) is 4.35. The van der Waals surface area contributed by atoms with Crippen LogP contribution in [0, 0.1) is 0 Å². The molecule has 1 heterocycles. The van der Waals surface area contributed by atoms with Gasteiger partial charge in [0, 0.05) is 11.2 Å². The molecule has 0 spiro atoms. The fourth-order valence-corrected chi connectivity index (χ4v) is 2.24. The van der Waals surface area contributed by atoms with Gasteiger partial charge in [0.25, 0.3) is 0 Å². The molecule has 4 heteroatoms. The molecule has 0 fully saturated rings. The summed E-state index contributed by atoms with van der Waals surface area (Å²) >= 11 is 6.22. The SMILES string of the molecule is CCCOc1cccnc1NC(C)c1ccccc1Cl. The highest BCUT2D eigenvalue weighted by atomic mass is 35.5. The number of halogens is 1. The number of benzene rings is 1. The molecule has 0 bridgehead atoms. The van der Waals surface area contributed by atoms with Crippen LogP contribution in [0.15, 0.2) is 42.6 Å². The summed E-state index contributed by atoms with van der Waals surface area (Å²) in [6.45, 7) is 4.82. The van der Waals surface area contributed by atoms with E-state index in [9.17, 15) is 0 Å². The van der Waals surface area contributed by atoms with Crippen molar-refractivity contribution in [2.24, 2.45) is 0 Å². The van der Waals surface area contributed by atoms with Gasteiger partial charge in [0.15, 0.2) is 11.6 Å². The Morgan fingerprint density at radius 1 is 1.25 bits per heavy atom. The summed E-state index contributed by atoms with van der Waals surface area (Å²) < 4.78 is 5.70. The standard InChI is InChI=1S/C16H19ClN2O/c1-3-11-20-15-9-6-10-18-16(15)19-12(2)13-7-4-5-8-14(13)17/h4-10,12H,3,11H2,1-2H3,(H,18,19). The number of hydrogen-bond acceptors (Lipinski definition) is 3. The van der Waals surface area contributed by atoms with Crippen LogP contribution in [-0.4, -0.2) is 11.6 Å². The second-order valence-corrected chi connectivity index (χ2v) is 4.99. The van der Waals surface area contributed by atoms with Crippen LogP contribution in [0.5, 0.6) is 5.75 Å². The average Bonchev–Trinajstić information content (AvgIpc) is 2.46. The molecule has 0 aliphatic heterocycles. The number of aromatic nitrogens is 1. The van der Waals surface area contributed by atoms with Crippen LogP contribution in [0.3, 0.4) is 0 Å². The van der Waals surface area contributed by atoms with E-state index in [0.29, 0.717) is 6.61 Å². The highest BCUT2D eigenvalue weighted by molar-refractivity contribution is 6.31. The largest absolute Gasteiger partial charge is 0.490 e. The summed E-state index contributed by atoms with van der Waals surface area (Å²) in [5.41, 5.74) is 1.04. The van der Waals surface area contributed by atoms with Crippen LogP contribution in [0.2, 0.25) is 5.02 Å². The molecule has 0 aliphatic rings. The summed E-state index contributed by atoms with van der Waals surface area (Å²) in [5.74, 6) is 1.52. The van der Waals surface area contributed by atoms with E-state index in [-0.39, 0.29) is 6.04 Å². The van der Waals surface area contributed by atoms with Gasteiger partial charge in [-0.1, -0.05) is 36.7 Å². The van der Waals surface area contributed by atoms with Crippen molar-refractivity contribution in [1.82, 2.24) is 4.98 Å². The first kappa shape index (κ1) is 14.7. The predicted molar refractivity (Wildman–Crippen MR) is 83.5 cm³/mol. The summed E-state index contributed by atoms with van der Waals surface area (Å²) in [6, 6.07) is 11.7. The zero-order valence-corrected chi connectivity index (χ0v) is 12.5. The van der Waals surface area contributed by atoms with E-state index in [1.807, 2.05) is 36.4 Å². The molecule has 20 heavy (non-hydrogen) atoms. The van der Waals surface area contributed by atoms with Crippen LogP contribution >= 0.6 is 11.6 Å². The van der Waals surface area contributed by atoms with Crippen molar-refractivity contribution in [1.29, 1.82) is 0 Å². The predicted octanol–water partition coefficient (Wildman–Crippen LogP) is 4.70. The van der Waals surface area contributed by atoms with E-state index < -0.39 is 0 Å². The normalized spacial score (nSPS) is 11.9. The first-order valence-corrected chi connectivity index (χ1v) is 7.19. The van der Waals surface area contributed by atoms with Crippen LogP contribution in [-0.2, 0) is 0 Å². The highest BCUT2D eigenvalue weighted by Crippen LogP contribution is 2.29. The molecule has 2 rings (SSSR count). The Balaban J connectivity index is 2.15. The summed E-state index contributed by atoms with van der Waals surface area (Å²) in [7, 11) is 0. The van der Waals surface area contributed by atoms with E-state index in [1.54, 1.807) is 6.20 Å². The van der Waals surface area contributed by atoms with Gasteiger partial charge in [-0.05, 0) is 37.1 Å². The van der Waals surface area contributed by atoms with Crippen LogP contribution in [0.25, 0.3) is 0 Å². The first-order chi connectivity index (χ1) is 9.72. The molecule has 1 atom stereocenters. The van der Waals surface area contributed by atoms with Crippen molar-refractivity contribution < 1.29 is 4.74 Å². The smallest absolute Gasteiger partial charge is 0.169 e. The molecule has 1 N–H and O–H groups in total. The minimum Gasteiger partial charge on any atom is -0.490 e. The van der Waals surface area contributed by atoms with Crippen LogP contribution < -0.4 is 10.1 Å². The number of nitrogens with one attached hydrogen (secondary N) is 1. The lowest BCUT2D eigenvalue weighted by atomic mass is 10.1. The quantitative estimate of drug-likeness (QED) is 0.837. The fraction of sp³-hybridized carbons (Fsp3) is 0.312. The zero-order valence-electron chi connectivity index (χ0n) is 11.8. The molecule has 0 saturated heterocycles. The third-order valence-corrected chi connectivity index (χ3v) is 3.30. The number of rotatable bonds is 6. The van der Waals surface area contributed by atoms with E-state index in [1.165, 1.54) is 0 Å². The van der Waals surface area contributed by atoms with Crippen LogP contribution in [0.1, 0.15) is 31.9 Å². The topological polar surface area (TPSA) is 34.1 Å². The molecule has 0 saturated carbocycles. The monoisotopic (exact) mass is 290 g/mol. The molecule has 0 aliphatic carbocycles. The number of nitrogens with zero attached hydrogens (tertiary/aromatic N) is 1. The molecule has 0 radical (unpaired) electrons. The lowest BCUT2D eigenvalue weighted by molar-refractivity contribution is 0.317. The second kappa shape index (κ2) is 7.15. The van der Waals surface area contributed by atoms with Crippen molar-refractivity contribution in [3.05, 3.63) is 53.2 Å². The third-order valence-electron chi connectivity index (χ3n) is 2.96. The van der Waals surface area contributed by atoms with E-state index >= 15 is 0 Å². The Kier molecular flexibility index (Phi) is 5.24. The van der Waals surface area contributed by atoms with Crippen molar-refractivity contribution in [3.8, 4) is 5.75 Å². The Morgan fingerprint density at radius 2 is 2.05 bits per heavy atom. The maximum absolute atomic E-state index is 6.22. The Hall–Kier alpha value is -1.74. The molecule has 106 valence electrons. The van der Waals surface area contributed by atoms with Crippen molar-refractivity contribution >= 4 is 17.4 Å². The van der Waals surface area contributed by atoms with E-state index in [0.717, 1.165) is 28.6 Å². The number of anilines is 1. The molecule has 2 aromatic rings. The Labute approximate surface area is 124 Å². The first-order valence-electron chi connectivity index (χ1n) is 6.81. The maximum Gasteiger partial charge on any atom is 0.169 e. The molecule has 0 amide bonds. The molecular weight excluding hydrogens is 272 g/mol. The third kappa shape index (κ3) is 3.64. The Bertz CT molecular complexity index is 560. The number of pyridine rings is 1. The minimum atomic E-state index is 0.0579. The van der Waals surface area contributed by atoms with E-state index in [2.05, 4.69) is 24.1 Å². The van der Waals surface area contributed by atoms with Crippen molar-refractivity contribution in [2.75, 3.05) is 11.9 Å². The molecule has 3 nitrogen and oxygen atoms in total. The van der Waals surface area contributed by atoms with Gasteiger partial charge in [-0.2, -0.15) is 0 Å².